The maximum absolute atomic E-state index is 9.44. The largest absolute Gasteiger partial charge is 0.441 e. The number of hydrogen-bond donors (Lipinski definition) is 1. The first kappa shape index (κ1) is 16.9. The van der Waals surface area contributed by atoms with Crippen LogP contribution in [0.4, 0.5) is 0 Å². The number of nitrogens with zero attached hydrogens (tertiary/aromatic N) is 2. The second-order valence-electron chi connectivity index (χ2n) is 5.89. The van der Waals surface area contributed by atoms with E-state index in [-0.39, 0.29) is 12.6 Å². The smallest absolute Gasteiger partial charge is 0.227 e. The van der Waals surface area contributed by atoms with E-state index in [9.17, 15) is 5.11 Å². The first-order valence-electron chi connectivity index (χ1n) is 8.04. The van der Waals surface area contributed by atoms with E-state index in [2.05, 4.69) is 29.1 Å². The average molecular weight is 342 g/mol. The van der Waals surface area contributed by atoms with Crippen molar-refractivity contribution in [3.63, 3.8) is 0 Å². The molecule has 2 heterocycles. The Morgan fingerprint density at radius 1 is 1.25 bits per heavy atom. The Labute approximate surface area is 146 Å². The fraction of sp³-hybridized carbons (Fsp3) is 0.316. The van der Waals surface area contributed by atoms with E-state index in [4.69, 9.17) is 4.42 Å². The lowest BCUT2D eigenvalue weighted by Gasteiger charge is -2.27. The maximum Gasteiger partial charge on any atom is 0.227 e. The molecule has 1 N–H and O–H groups in total. The fourth-order valence-corrected chi connectivity index (χ4v) is 3.50. The minimum absolute atomic E-state index is 0.150. The topological polar surface area (TPSA) is 49.5 Å². The third kappa shape index (κ3) is 3.75. The highest BCUT2D eigenvalue weighted by Gasteiger charge is 2.20. The first-order chi connectivity index (χ1) is 11.7. The van der Waals surface area contributed by atoms with E-state index in [1.165, 1.54) is 5.56 Å². The van der Waals surface area contributed by atoms with Crippen molar-refractivity contribution in [1.82, 2.24) is 9.88 Å². The van der Waals surface area contributed by atoms with Crippen LogP contribution in [0.15, 0.2) is 51.6 Å². The van der Waals surface area contributed by atoms with Crippen molar-refractivity contribution in [1.29, 1.82) is 0 Å². The molecule has 5 heteroatoms. The molecule has 0 aliphatic carbocycles. The van der Waals surface area contributed by atoms with Gasteiger partial charge in [-0.2, -0.15) is 11.3 Å². The highest BCUT2D eigenvalue weighted by Crippen LogP contribution is 2.28. The third-order valence-corrected chi connectivity index (χ3v) is 4.86. The molecule has 126 valence electrons. The molecule has 0 aliphatic rings. The average Bonchev–Trinajstić information content (AvgIpc) is 3.24. The zero-order valence-corrected chi connectivity index (χ0v) is 14.8. The van der Waals surface area contributed by atoms with Gasteiger partial charge in [-0.1, -0.05) is 30.3 Å². The van der Waals surface area contributed by atoms with Crippen LogP contribution in [0.2, 0.25) is 0 Å². The van der Waals surface area contributed by atoms with Crippen LogP contribution in [-0.4, -0.2) is 28.6 Å². The summed E-state index contributed by atoms with van der Waals surface area (Å²) in [5.74, 6) is 1.52. The van der Waals surface area contributed by atoms with E-state index in [1.54, 1.807) is 11.3 Å². The summed E-state index contributed by atoms with van der Waals surface area (Å²) in [6, 6.07) is 12.4. The summed E-state index contributed by atoms with van der Waals surface area (Å²) in [5, 5.41) is 13.5. The van der Waals surface area contributed by atoms with Crippen LogP contribution in [0.1, 0.15) is 29.5 Å². The molecule has 24 heavy (non-hydrogen) atoms. The predicted molar refractivity (Wildman–Crippen MR) is 96.9 cm³/mol. The fourth-order valence-electron chi connectivity index (χ4n) is 2.87. The number of rotatable bonds is 7. The highest BCUT2D eigenvalue weighted by molar-refractivity contribution is 7.08. The van der Waals surface area contributed by atoms with Crippen molar-refractivity contribution in [2.75, 3.05) is 13.7 Å². The van der Waals surface area contributed by atoms with Gasteiger partial charge in [0.05, 0.1) is 5.69 Å². The van der Waals surface area contributed by atoms with Crippen molar-refractivity contribution in [2.24, 2.45) is 0 Å². The molecule has 0 aliphatic heterocycles. The molecule has 4 nitrogen and oxygen atoms in total. The number of aromatic nitrogens is 1. The van der Waals surface area contributed by atoms with Gasteiger partial charge >= 0.3 is 0 Å². The molecule has 0 amide bonds. The molecule has 0 fully saturated rings. The summed E-state index contributed by atoms with van der Waals surface area (Å²) in [4.78, 5) is 6.88. The molecule has 1 unspecified atom stereocenters. The molecule has 0 spiro atoms. The second kappa shape index (κ2) is 7.75. The number of aliphatic hydroxyl groups is 1. The third-order valence-electron chi connectivity index (χ3n) is 4.18. The molecule has 0 saturated heterocycles. The van der Waals surface area contributed by atoms with Crippen LogP contribution in [0.5, 0.6) is 0 Å². The maximum atomic E-state index is 9.44. The van der Waals surface area contributed by atoms with Crippen molar-refractivity contribution in [3.05, 3.63) is 64.2 Å². The molecule has 3 rings (SSSR count). The number of aryl methyl sites for hydroxylation is 1. The first-order valence-corrected chi connectivity index (χ1v) is 8.98. The molecular formula is C19H22N2O2S. The minimum atomic E-state index is 0.150. The quantitative estimate of drug-likeness (QED) is 0.697. The molecule has 1 atom stereocenters. The number of aliphatic hydroxyl groups excluding tert-OH is 1. The van der Waals surface area contributed by atoms with Gasteiger partial charge in [-0.15, -0.1) is 0 Å². The van der Waals surface area contributed by atoms with E-state index in [0.717, 1.165) is 17.0 Å². The summed E-state index contributed by atoms with van der Waals surface area (Å²) in [5.41, 5.74) is 3.16. The normalized spacial score (nSPS) is 12.7. The Hall–Kier alpha value is -1.95. The molecule has 0 saturated carbocycles. The van der Waals surface area contributed by atoms with Gasteiger partial charge in [-0.25, -0.2) is 4.98 Å². The lowest BCUT2D eigenvalue weighted by atomic mass is 10.0. The SMILES string of the molecule is Cc1oc(-c2ccsc2)nc1CN(C)C(CCO)c1ccccc1. The van der Waals surface area contributed by atoms with Gasteiger partial charge in [0.1, 0.15) is 5.76 Å². The number of benzene rings is 1. The number of hydrogen-bond acceptors (Lipinski definition) is 5. The van der Waals surface area contributed by atoms with Gasteiger partial charge in [0.15, 0.2) is 0 Å². The lowest BCUT2D eigenvalue weighted by molar-refractivity contribution is 0.178. The molecule has 0 bridgehead atoms. The van der Waals surface area contributed by atoms with Crippen LogP contribution in [0.3, 0.4) is 0 Å². The van der Waals surface area contributed by atoms with E-state index >= 15 is 0 Å². The lowest BCUT2D eigenvalue weighted by Crippen LogP contribution is -2.25. The zero-order chi connectivity index (χ0) is 16.9. The Morgan fingerprint density at radius 3 is 2.71 bits per heavy atom. The Balaban J connectivity index is 1.79. The summed E-state index contributed by atoms with van der Waals surface area (Å²) >= 11 is 1.63. The molecule has 3 aromatic rings. The second-order valence-corrected chi connectivity index (χ2v) is 6.67. The van der Waals surface area contributed by atoms with Crippen molar-refractivity contribution < 1.29 is 9.52 Å². The van der Waals surface area contributed by atoms with E-state index < -0.39 is 0 Å². The molecule has 1 aromatic carbocycles. The Kier molecular flexibility index (Phi) is 5.45. The Bertz CT molecular complexity index is 753. The zero-order valence-electron chi connectivity index (χ0n) is 14.0. The molecule has 0 radical (unpaired) electrons. The van der Waals surface area contributed by atoms with Crippen LogP contribution < -0.4 is 0 Å². The van der Waals surface area contributed by atoms with Crippen molar-refractivity contribution in [2.45, 2.75) is 25.9 Å². The van der Waals surface area contributed by atoms with Gasteiger partial charge in [0, 0.05) is 30.1 Å². The molecule has 2 aromatic heterocycles. The summed E-state index contributed by atoms with van der Waals surface area (Å²) < 4.78 is 5.82. The van der Waals surface area contributed by atoms with E-state index in [1.807, 2.05) is 41.9 Å². The van der Waals surface area contributed by atoms with Gasteiger partial charge in [0.25, 0.3) is 0 Å². The number of thiophene rings is 1. The van der Waals surface area contributed by atoms with Gasteiger partial charge in [-0.05, 0) is 37.4 Å². The van der Waals surface area contributed by atoms with Crippen LogP contribution >= 0.6 is 11.3 Å². The molecular weight excluding hydrogens is 320 g/mol. The summed E-state index contributed by atoms with van der Waals surface area (Å²) in [7, 11) is 2.06. The van der Waals surface area contributed by atoms with Gasteiger partial charge < -0.3 is 9.52 Å². The standard InChI is InChI=1S/C19H22N2O2S/c1-14-17(20-19(23-14)16-9-11-24-13-16)12-21(2)18(8-10-22)15-6-4-3-5-7-15/h3-7,9,11,13,18,22H,8,10,12H2,1-2H3. The minimum Gasteiger partial charge on any atom is -0.441 e. The van der Waals surface area contributed by atoms with Crippen LogP contribution in [-0.2, 0) is 6.54 Å². The predicted octanol–water partition coefficient (Wildman–Crippen LogP) is 4.27. The van der Waals surface area contributed by atoms with Crippen LogP contribution in [0, 0.1) is 6.92 Å². The van der Waals surface area contributed by atoms with E-state index in [0.29, 0.717) is 18.9 Å². The summed E-state index contributed by atoms with van der Waals surface area (Å²) in [6.07, 6.45) is 0.689. The monoisotopic (exact) mass is 342 g/mol. The summed E-state index contributed by atoms with van der Waals surface area (Å²) in [6.45, 7) is 2.79. The Morgan fingerprint density at radius 2 is 2.04 bits per heavy atom. The van der Waals surface area contributed by atoms with Gasteiger partial charge in [-0.3, -0.25) is 4.90 Å². The van der Waals surface area contributed by atoms with Crippen molar-refractivity contribution >= 4 is 11.3 Å². The van der Waals surface area contributed by atoms with Gasteiger partial charge in [0.2, 0.25) is 5.89 Å². The highest BCUT2D eigenvalue weighted by atomic mass is 32.1. The number of oxazole rings is 1. The van der Waals surface area contributed by atoms with Crippen LogP contribution in [0.25, 0.3) is 11.5 Å². The van der Waals surface area contributed by atoms with Crippen molar-refractivity contribution in [3.8, 4) is 11.5 Å².